The second kappa shape index (κ2) is 6.83. The van der Waals surface area contributed by atoms with Crippen molar-refractivity contribution in [2.24, 2.45) is 16.6 Å². The quantitative estimate of drug-likeness (QED) is 0.894. The Morgan fingerprint density at radius 1 is 1.27 bits per heavy atom. The van der Waals surface area contributed by atoms with E-state index in [1.165, 1.54) is 29.5 Å². The minimum atomic E-state index is -0.551. The SMILES string of the molecule is Cc1c(C(C)(C)C)sc(=NC(=O)c2cccc(C(N)=O)c2)n1CC1CC1. The molecule has 2 N–H and O–H groups in total. The van der Waals surface area contributed by atoms with Crippen LogP contribution >= 0.6 is 11.3 Å². The fourth-order valence-electron chi connectivity index (χ4n) is 3.00. The number of aromatic nitrogens is 1. The summed E-state index contributed by atoms with van der Waals surface area (Å²) >= 11 is 1.58. The summed E-state index contributed by atoms with van der Waals surface area (Å²) in [5, 5.41) is 0. The van der Waals surface area contributed by atoms with Gasteiger partial charge in [-0.3, -0.25) is 9.59 Å². The van der Waals surface area contributed by atoms with Gasteiger partial charge in [-0.1, -0.05) is 26.8 Å². The molecule has 0 aliphatic heterocycles. The average Bonchev–Trinajstić information content (AvgIpc) is 3.33. The molecule has 3 rings (SSSR count). The van der Waals surface area contributed by atoms with Gasteiger partial charge in [0.25, 0.3) is 5.91 Å². The number of nitrogens with two attached hydrogens (primary N) is 1. The van der Waals surface area contributed by atoms with E-state index >= 15 is 0 Å². The molecule has 1 aromatic carbocycles. The highest BCUT2D eigenvalue weighted by molar-refractivity contribution is 7.09. The molecular weight excluding hydrogens is 346 g/mol. The summed E-state index contributed by atoms with van der Waals surface area (Å²) in [5.74, 6) is -0.215. The fraction of sp³-hybridized carbons (Fsp3) is 0.450. The third kappa shape index (κ3) is 3.96. The van der Waals surface area contributed by atoms with Crippen LogP contribution in [0.4, 0.5) is 0 Å². The van der Waals surface area contributed by atoms with Crippen LogP contribution in [-0.2, 0) is 12.0 Å². The van der Waals surface area contributed by atoms with Crippen molar-refractivity contribution in [1.29, 1.82) is 0 Å². The number of carbonyl (C=O) groups excluding carboxylic acids is 2. The third-order valence-corrected chi connectivity index (χ3v) is 6.17. The molecule has 0 bridgehead atoms. The molecule has 0 atom stereocenters. The average molecular weight is 372 g/mol. The maximum Gasteiger partial charge on any atom is 0.279 e. The van der Waals surface area contributed by atoms with Gasteiger partial charge < -0.3 is 10.3 Å². The van der Waals surface area contributed by atoms with Gasteiger partial charge in [-0.15, -0.1) is 11.3 Å². The standard InChI is InChI=1S/C20H25N3O2S/c1-12-16(20(2,3)4)26-19(23(12)11-13-8-9-13)22-18(25)15-7-5-6-14(10-15)17(21)24/h5-7,10,13H,8-9,11H2,1-4H3,(H2,21,24). The van der Waals surface area contributed by atoms with Crippen LogP contribution in [0, 0.1) is 12.8 Å². The molecule has 1 aliphatic carbocycles. The van der Waals surface area contributed by atoms with Crippen LogP contribution in [0.15, 0.2) is 29.3 Å². The molecule has 0 spiro atoms. The minimum absolute atomic E-state index is 0.00273. The molecule has 1 fully saturated rings. The van der Waals surface area contributed by atoms with Crippen LogP contribution in [0.1, 0.15) is 64.9 Å². The number of rotatable bonds is 4. The molecule has 138 valence electrons. The molecule has 0 radical (unpaired) electrons. The minimum Gasteiger partial charge on any atom is -0.366 e. The molecule has 1 heterocycles. The van der Waals surface area contributed by atoms with Crippen molar-refractivity contribution in [2.45, 2.75) is 52.5 Å². The Kier molecular flexibility index (Phi) is 4.88. The molecule has 6 heteroatoms. The van der Waals surface area contributed by atoms with Crippen LogP contribution in [0.3, 0.4) is 0 Å². The van der Waals surface area contributed by atoms with Crippen LogP contribution in [0.2, 0.25) is 0 Å². The Labute approximate surface area is 157 Å². The number of hydrogen-bond donors (Lipinski definition) is 1. The molecule has 0 unspecified atom stereocenters. The predicted octanol–water partition coefficient (Wildman–Crippen LogP) is 3.41. The van der Waals surface area contributed by atoms with E-state index in [0.29, 0.717) is 17.0 Å². The van der Waals surface area contributed by atoms with E-state index in [-0.39, 0.29) is 11.3 Å². The van der Waals surface area contributed by atoms with Gasteiger partial charge in [0.15, 0.2) is 4.80 Å². The Morgan fingerprint density at radius 2 is 1.92 bits per heavy atom. The first kappa shape index (κ1) is 18.6. The molecule has 26 heavy (non-hydrogen) atoms. The van der Waals surface area contributed by atoms with Crippen molar-refractivity contribution in [1.82, 2.24) is 4.57 Å². The number of carbonyl (C=O) groups is 2. The Balaban J connectivity index is 2.05. The Hall–Kier alpha value is -2.21. The van der Waals surface area contributed by atoms with Gasteiger partial charge in [0.05, 0.1) is 0 Å². The molecular formula is C20H25N3O2S. The second-order valence-electron chi connectivity index (χ2n) is 7.97. The van der Waals surface area contributed by atoms with Gasteiger partial charge >= 0.3 is 0 Å². The van der Waals surface area contributed by atoms with E-state index in [9.17, 15) is 9.59 Å². The van der Waals surface area contributed by atoms with Crippen molar-refractivity contribution < 1.29 is 9.59 Å². The van der Waals surface area contributed by atoms with Gasteiger partial charge in [0.2, 0.25) is 5.91 Å². The number of amides is 2. The lowest BCUT2D eigenvalue weighted by molar-refractivity contribution is 0.0997. The van der Waals surface area contributed by atoms with E-state index < -0.39 is 5.91 Å². The van der Waals surface area contributed by atoms with E-state index in [4.69, 9.17) is 5.73 Å². The molecule has 1 aromatic heterocycles. The van der Waals surface area contributed by atoms with Crippen LogP contribution in [0.25, 0.3) is 0 Å². The Bertz CT molecular complexity index is 927. The summed E-state index contributed by atoms with van der Waals surface area (Å²) in [4.78, 5) is 30.4. The molecule has 2 aromatic rings. The molecule has 1 saturated carbocycles. The second-order valence-corrected chi connectivity index (χ2v) is 8.94. The first-order valence-electron chi connectivity index (χ1n) is 8.86. The predicted molar refractivity (Wildman–Crippen MR) is 103 cm³/mol. The Morgan fingerprint density at radius 3 is 2.50 bits per heavy atom. The van der Waals surface area contributed by atoms with Gasteiger partial charge in [0.1, 0.15) is 0 Å². The normalized spacial score (nSPS) is 15.3. The smallest absolute Gasteiger partial charge is 0.279 e. The van der Waals surface area contributed by atoms with Gasteiger partial charge in [-0.2, -0.15) is 4.99 Å². The largest absolute Gasteiger partial charge is 0.366 e. The summed E-state index contributed by atoms with van der Waals surface area (Å²) < 4.78 is 2.18. The number of primary amides is 1. The summed E-state index contributed by atoms with van der Waals surface area (Å²) in [6.07, 6.45) is 2.47. The van der Waals surface area contributed by atoms with Crippen LogP contribution in [-0.4, -0.2) is 16.4 Å². The monoisotopic (exact) mass is 371 g/mol. The van der Waals surface area contributed by atoms with E-state index in [1.807, 2.05) is 0 Å². The summed E-state index contributed by atoms with van der Waals surface area (Å²) in [6.45, 7) is 9.54. The lowest BCUT2D eigenvalue weighted by Crippen LogP contribution is -2.20. The highest BCUT2D eigenvalue weighted by Crippen LogP contribution is 2.33. The summed E-state index contributed by atoms with van der Waals surface area (Å²) in [7, 11) is 0. The first-order chi connectivity index (χ1) is 12.2. The highest BCUT2D eigenvalue weighted by Gasteiger charge is 2.27. The van der Waals surface area contributed by atoms with Crippen LogP contribution in [0.5, 0.6) is 0 Å². The van der Waals surface area contributed by atoms with Crippen molar-refractivity contribution in [3.05, 3.63) is 50.8 Å². The van der Waals surface area contributed by atoms with Crippen molar-refractivity contribution in [3.63, 3.8) is 0 Å². The van der Waals surface area contributed by atoms with Crippen LogP contribution < -0.4 is 10.5 Å². The summed E-state index contributed by atoms with van der Waals surface area (Å²) in [5.41, 5.74) is 7.19. The topological polar surface area (TPSA) is 77.5 Å². The maximum absolute atomic E-state index is 12.7. The molecule has 0 saturated heterocycles. The van der Waals surface area contributed by atoms with Crippen molar-refractivity contribution in [2.75, 3.05) is 0 Å². The number of hydrogen-bond acceptors (Lipinski definition) is 3. The zero-order chi connectivity index (χ0) is 19.1. The number of thiazole rings is 1. The zero-order valence-electron chi connectivity index (χ0n) is 15.7. The lowest BCUT2D eigenvalue weighted by atomic mass is 9.93. The fourth-order valence-corrected chi connectivity index (χ4v) is 4.19. The first-order valence-corrected chi connectivity index (χ1v) is 9.68. The van der Waals surface area contributed by atoms with E-state index in [0.717, 1.165) is 11.3 Å². The molecule has 5 nitrogen and oxygen atoms in total. The lowest BCUT2D eigenvalue weighted by Gasteiger charge is -2.17. The summed E-state index contributed by atoms with van der Waals surface area (Å²) in [6, 6.07) is 6.42. The van der Waals surface area contributed by atoms with Gasteiger partial charge in [-0.05, 0) is 49.3 Å². The molecule has 2 amide bonds. The highest BCUT2D eigenvalue weighted by atomic mass is 32.1. The van der Waals surface area contributed by atoms with E-state index in [1.54, 1.807) is 29.5 Å². The molecule has 1 aliphatic rings. The van der Waals surface area contributed by atoms with Crippen molar-refractivity contribution in [3.8, 4) is 0 Å². The number of benzene rings is 1. The number of nitrogens with zero attached hydrogens (tertiary/aromatic N) is 2. The van der Waals surface area contributed by atoms with Gasteiger partial charge in [0, 0.05) is 28.2 Å². The third-order valence-electron chi connectivity index (χ3n) is 4.57. The van der Waals surface area contributed by atoms with E-state index in [2.05, 4.69) is 37.3 Å². The maximum atomic E-state index is 12.7. The van der Waals surface area contributed by atoms with Gasteiger partial charge in [-0.25, -0.2) is 0 Å². The van der Waals surface area contributed by atoms with Crippen molar-refractivity contribution >= 4 is 23.2 Å². The zero-order valence-corrected chi connectivity index (χ0v) is 16.5.